The zero-order chi connectivity index (χ0) is 13.0. The minimum absolute atomic E-state index is 0.155. The van der Waals surface area contributed by atoms with Gasteiger partial charge in [-0.1, -0.05) is 12.1 Å². The lowest BCUT2D eigenvalue weighted by Crippen LogP contribution is -2.46. The van der Waals surface area contributed by atoms with E-state index in [0.29, 0.717) is 18.0 Å². The first-order chi connectivity index (χ1) is 8.69. The third-order valence-electron chi connectivity index (χ3n) is 3.57. The van der Waals surface area contributed by atoms with E-state index < -0.39 is 0 Å². The van der Waals surface area contributed by atoms with Crippen molar-refractivity contribution in [3.8, 4) is 0 Å². The first-order valence-electron chi connectivity index (χ1n) is 6.78. The van der Waals surface area contributed by atoms with E-state index in [9.17, 15) is 4.39 Å². The molecule has 1 atom stereocenters. The Morgan fingerprint density at radius 2 is 2.00 bits per heavy atom. The van der Waals surface area contributed by atoms with Crippen LogP contribution in [0.4, 0.5) is 4.39 Å². The normalized spacial score (nSPS) is 24.6. The fraction of sp³-hybridized carbons (Fsp3) is 0.600. The van der Waals surface area contributed by atoms with E-state index in [2.05, 4.69) is 12.2 Å². The highest BCUT2D eigenvalue weighted by molar-refractivity contribution is 5.23. The first kappa shape index (κ1) is 13.5. The van der Waals surface area contributed by atoms with E-state index in [1.807, 2.05) is 19.1 Å². The van der Waals surface area contributed by atoms with Gasteiger partial charge >= 0.3 is 0 Å². The van der Waals surface area contributed by atoms with Crippen LogP contribution in [0.2, 0.25) is 0 Å². The van der Waals surface area contributed by atoms with Crippen molar-refractivity contribution in [2.75, 3.05) is 13.2 Å². The van der Waals surface area contributed by atoms with Gasteiger partial charge < -0.3 is 10.1 Å². The van der Waals surface area contributed by atoms with Gasteiger partial charge in [-0.3, -0.25) is 0 Å². The number of rotatable bonds is 6. The van der Waals surface area contributed by atoms with Crippen LogP contribution in [0.25, 0.3) is 0 Å². The SMILES string of the molecule is CCOCC(C)NC1CC(c2ccc(F)cc2)C1. The van der Waals surface area contributed by atoms with Crippen molar-refractivity contribution in [1.82, 2.24) is 5.32 Å². The molecule has 0 saturated heterocycles. The average molecular weight is 251 g/mol. The minimum Gasteiger partial charge on any atom is -0.380 e. The van der Waals surface area contributed by atoms with E-state index >= 15 is 0 Å². The maximum Gasteiger partial charge on any atom is 0.123 e. The van der Waals surface area contributed by atoms with Gasteiger partial charge in [0.2, 0.25) is 0 Å². The molecule has 1 aliphatic carbocycles. The van der Waals surface area contributed by atoms with Gasteiger partial charge in [0.25, 0.3) is 0 Å². The molecule has 0 aliphatic heterocycles. The Hall–Kier alpha value is -0.930. The highest BCUT2D eigenvalue weighted by Crippen LogP contribution is 2.36. The molecule has 0 spiro atoms. The standard InChI is InChI=1S/C15H22FNO/c1-3-18-10-11(2)17-15-8-13(9-15)12-4-6-14(16)7-5-12/h4-7,11,13,15,17H,3,8-10H2,1-2H3. The summed E-state index contributed by atoms with van der Waals surface area (Å²) in [5, 5.41) is 3.56. The van der Waals surface area contributed by atoms with Crippen LogP contribution < -0.4 is 5.32 Å². The fourth-order valence-corrected chi connectivity index (χ4v) is 2.51. The average Bonchev–Trinajstić information content (AvgIpc) is 2.32. The highest BCUT2D eigenvalue weighted by Gasteiger charge is 2.30. The van der Waals surface area contributed by atoms with E-state index in [4.69, 9.17) is 4.74 Å². The van der Waals surface area contributed by atoms with E-state index in [1.54, 1.807) is 12.1 Å². The summed E-state index contributed by atoms with van der Waals surface area (Å²) in [6.45, 7) is 5.71. The summed E-state index contributed by atoms with van der Waals surface area (Å²) in [7, 11) is 0. The summed E-state index contributed by atoms with van der Waals surface area (Å²) in [5.41, 5.74) is 1.26. The topological polar surface area (TPSA) is 21.3 Å². The Balaban J connectivity index is 1.72. The van der Waals surface area contributed by atoms with Crippen molar-refractivity contribution >= 4 is 0 Å². The molecular formula is C15H22FNO. The molecule has 18 heavy (non-hydrogen) atoms. The van der Waals surface area contributed by atoms with Crippen molar-refractivity contribution in [3.05, 3.63) is 35.6 Å². The molecule has 1 aromatic rings. The fourth-order valence-electron chi connectivity index (χ4n) is 2.51. The molecule has 0 amide bonds. The van der Waals surface area contributed by atoms with Gasteiger partial charge in [0.15, 0.2) is 0 Å². The minimum atomic E-state index is -0.155. The van der Waals surface area contributed by atoms with Crippen LogP contribution in [0.1, 0.15) is 38.2 Å². The van der Waals surface area contributed by atoms with Crippen molar-refractivity contribution in [3.63, 3.8) is 0 Å². The summed E-state index contributed by atoms with van der Waals surface area (Å²) >= 11 is 0. The predicted octanol–water partition coefficient (Wildman–Crippen LogP) is 3.09. The van der Waals surface area contributed by atoms with Gasteiger partial charge in [0.05, 0.1) is 6.61 Å². The van der Waals surface area contributed by atoms with Crippen LogP contribution >= 0.6 is 0 Å². The summed E-state index contributed by atoms with van der Waals surface area (Å²) in [6, 6.07) is 7.89. The molecule has 1 aliphatic rings. The van der Waals surface area contributed by atoms with Crippen molar-refractivity contribution in [2.45, 2.75) is 44.7 Å². The second-order valence-electron chi connectivity index (χ2n) is 5.14. The summed E-state index contributed by atoms with van der Waals surface area (Å²) in [6.07, 6.45) is 2.28. The lowest BCUT2D eigenvalue weighted by atomic mass is 9.75. The Labute approximate surface area is 109 Å². The van der Waals surface area contributed by atoms with Crippen LogP contribution in [-0.2, 0) is 4.74 Å². The van der Waals surface area contributed by atoms with Gasteiger partial charge in [-0.15, -0.1) is 0 Å². The molecule has 1 saturated carbocycles. The number of hydrogen-bond acceptors (Lipinski definition) is 2. The molecule has 100 valence electrons. The molecule has 1 fully saturated rings. The Kier molecular flexibility index (Phi) is 4.72. The van der Waals surface area contributed by atoms with E-state index in [-0.39, 0.29) is 5.82 Å². The lowest BCUT2D eigenvalue weighted by Gasteiger charge is -2.38. The second-order valence-corrected chi connectivity index (χ2v) is 5.14. The maximum absolute atomic E-state index is 12.8. The van der Waals surface area contributed by atoms with Gasteiger partial charge in [-0.25, -0.2) is 4.39 Å². The van der Waals surface area contributed by atoms with Crippen LogP contribution in [-0.4, -0.2) is 25.3 Å². The predicted molar refractivity (Wildman–Crippen MR) is 71.3 cm³/mol. The molecular weight excluding hydrogens is 229 g/mol. The van der Waals surface area contributed by atoms with Gasteiger partial charge in [-0.05, 0) is 50.3 Å². The molecule has 2 rings (SSSR count). The van der Waals surface area contributed by atoms with Crippen LogP contribution in [0.5, 0.6) is 0 Å². The molecule has 0 aromatic heterocycles. The third kappa shape index (κ3) is 3.53. The number of hydrogen-bond donors (Lipinski definition) is 1. The van der Waals surface area contributed by atoms with Gasteiger partial charge in [-0.2, -0.15) is 0 Å². The van der Waals surface area contributed by atoms with Gasteiger partial charge in [0.1, 0.15) is 5.82 Å². The summed E-state index contributed by atoms with van der Waals surface area (Å²) < 4.78 is 18.2. The highest BCUT2D eigenvalue weighted by atomic mass is 19.1. The molecule has 0 radical (unpaired) electrons. The largest absolute Gasteiger partial charge is 0.380 e. The molecule has 3 heteroatoms. The van der Waals surface area contributed by atoms with Gasteiger partial charge in [0, 0.05) is 18.7 Å². The Bertz CT molecular complexity index is 359. The number of nitrogens with one attached hydrogen (secondary N) is 1. The zero-order valence-electron chi connectivity index (χ0n) is 11.2. The zero-order valence-corrected chi connectivity index (χ0v) is 11.2. The van der Waals surface area contributed by atoms with Crippen molar-refractivity contribution in [2.24, 2.45) is 0 Å². The lowest BCUT2D eigenvalue weighted by molar-refractivity contribution is 0.115. The molecule has 1 aromatic carbocycles. The number of ether oxygens (including phenoxy) is 1. The molecule has 1 unspecified atom stereocenters. The number of benzene rings is 1. The van der Waals surface area contributed by atoms with Crippen molar-refractivity contribution in [1.29, 1.82) is 0 Å². The Morgan fingerprint density at radius 3 is 2.61 bits per heavy atom. The quantitative estimate of drug-likeness (QED) is 0.839. The van der Waals surface area contributed by atoms with Crippen LogP contribution in [0.15, 0.2) is 24.3 Å². The van der Waals surface area contributed by atoms with Crippen molar-refractivity contribution < 1.29 is 9.13 Å². The van der Waals surface area contributed by atoms with E-state index in [1.165, 1.54) is 5.56 Å². The third-order valence-corrected chi connectivity index (χ3v) is 3.57. The van der Waals surface area contributed by atoms with Crippen LogP contribution in [0.3, 0.4) is 0 Å². The molecule has 0 bridgehead atoms. The number of halogens is 1. The molecule has 2 nitrogen and oxygen atoms in total. The summed E-state index contributed by atoms with van der Waals surface area (Å²) in [5.74, 6) is 0.431. The monoisotopic (exact) mass is 251 g/mol. The first-order valence-corrected chi connectivity index (χ1v) is 6.78. The smallest absolute Gasteiger partial charge is 0.123 e. The second kappa shape index (κ2) is 6.30. The molecule has 1 N–H and O–H groups in total. The van der Waals surface area contributed by atoms with E-state index in [0.717, 1.165) is 26.1 Å². The maximum atomic E-state index is 12.8. The summed E-state index contributed by atoms with van der Waals surface area (Å²) in [4.78, 5) is 0. The Morgan fingerprint density at radius 1 is 1.33 bits per heavy atom. The van der Waals surface area contributed by atoms with Crippen LogP contribution in [0, 0.1) is 5.82 Å². The molecule has 0 heterocycles.